The molecule has 3 aromatic rings. The molecule has 0 radical (unpaired) electrons. The van der Waals surface area contributed by atoms with Crippen molar-refractivity contribution in [3.8, 4) is 11.4 Å². The van der Waals surface area contributed by atoms with Gasteiger partial charge in [0.05, 0.1) is 10.4 Å². The fraction of sp³-hybridized carbons (Fsp3) is 0.333. The summed E-state index contributed by atoms with van der Waals surface area (Å²) in [6, 6.07) is 15.0. The summed E-state index contributed by atoms with van der Waals surface area (Å²) in [7, 11) is 0. The summed E-state index contributed by atoms with van der Waals surface area (Å²) in [5.74, 6) is 1.58. The minimum absolute atomic E-state index is 0.0711. The van der Waals surface area contributed by atoms with Crippen LogP contribution >= 0.6 is 0 Å². The third-order valence-corrected chi connectivity index (χ3v) is 5.29. The van der Waals surface area contributed by atoms with Crippen LogP contribution in [0.3, 0.4) is 0 Å². The van der Waals surface area contributed by atoms with Gasteiger partial charge in [0.25, 0.3) is 5.69 Å². The second-order valence-corrected chi connectivity index (χ2v) is 6.94. The number of benzene rings is 2. The molecule has 0 bridgehead atoms. The Morgan fingerprint density at radius 3 is 2.63 bits per heavy atom. The number of non-ortho nitro benzene ring substituents is 1. The first-order chi connectivity index (χ1) is 13.2. The quantitative estimate of drug-likeness (QED) is 0.484. The zero-order chi connectivity index (χ0) is 18.8. The molecule has 0 saturated carbocycles. The van der Waals surface area contributed by atoms with Crippen molar-refractivity contribution < 1.29 is 4.92 Å². The SMILES string of the molecule is CC[C@H]1CCCCN1c1nc(-c2ccc([N+](=O)[O-])cc2)nc2ccccc12. The Morgan fingerprint density at radius 2 is 1.89 bits per heavy atom. The van der Waals surface area contributed by atoms with E-state index in [0.717, 1.165) is 35.2 Å². The summed E-state index contributed by atoms with van der Waals surface area (Å²) < 4.78 is 0. The Kier molecular flexibility index (Phi) is 4.71. The maximum atomic E-state index is 10.9. The van der Waals surface area contributed by atoms with E-state index in [0.29, 0.717) is 11.9 Å². The van der Waals surface area contributed by atoms with Crippen molar-refractivity contribution in [3.05, 3.63) is 58.6 Å². The fourth-order valence-corrected chi connectivity index (χ4v) is 3.84. The van der Waals surface area contributed by atoms with Gasteiger partial charge in [0.1, 0.15) is 5.82 Å². The molecule has 6 heteroatoms. The van der Waals surface area contributed by atoms with Crippen molar-refractivity contribution in [1.82, 2.24) is 9.97 Å². The molecule has 1 aromatic heterocycles. The first kappa shape index (κ1) is 17.4. The molecule has 1 aliphatic rings. The van der Waals surface area contributed by atoms with E-state index in [1.807, 2.05) is 18.2 Å². The molecule has 0 amide bonds. The number of fused-ring (bicyclic) bond motifs is 1. The van der Waals surface area contributed by atoms with Crippen LogP contribution in [0, 0.1) is 10.1 Å². The molecule has 1 saturated heterocycles. The Labute approximate surface area is 158 Å². The maximum absolute atomic E-state index is 10.9. The van der Waals surface area contributed by atoms with Gasteiger partial charge in [-0.2, -0.15) is 0 Å². The number of hydrogen-bond donors (Lipinski definition) is 0. The number of nitro groups is 1. The van der Waals surface area contributed by atoms with Gasteiger partial charge < -0.3 is 4.90 Å². The number of para-hydroxylation sites is 1. The van der Waals surface area contributed by atoms with Gasteiger partial charge in [0.15, 0.2) is 5.82 Å². The number of nitro benzene ring substituents is 1. The largest absolute Gasteiger partial charge is 0.353 e. The van der Waals surface area contributed by atoms with E-state index in [1.54, 1.807) is 12.1 Å². The highest BCUT2D eigenvalue weighted by atomic mass is 16.6. The Morgan fingerprint density at radius 1 is 1.11 bits per heavy atom. The molecular formula is C21H22N4O2. The van der Waals surface area contributed by atoms with Gasteiger partial charge in [-0.1, -0.05) is 19.1 Å². The molecule has 4 rings (SSSR count). The zero-order valence-corrected chi connectivity index (χ0v) is 15.3. The Hall–Kier alpha value is -3.02. The van der Waals surface area contributed by atoms with Gasteiger partial charge in [0.2, 0.25) is 0 Å². The molecule has 1 atom stereocenters. The smallest absolute Gasteiger partial charge is 0.269 e. The Balaban J connectivity index is 1.84. The second kappa shape index (κ2) is 7.31. The molecular weight excluding hydrogens is 340 g/mol. The van der Waals surface area contributed by atoms with E-state index in [-0.39, 0.29) is 5.69 Å². The molecule has 6 nitrogen and oxygen atoms in total. The van der Waals surface area contributed by atoms with E-state index >= 15 is 0 Å². The Bertz CT molecular complexity index is 972. The van der Waals surface area contributed by atoms with Crippen molar-refractivity contribution in [2.75, 3.05) is 11.4 Å². The molecule has 2 heterocycles. The normalized spacial score (nSPS) is 17.2. The van der Waals surface area contributed by atoms with Gasteiger partial charge in [-0.25, -0.2) is 9.97 Å². The summed E-state index contributed by atoms with van der Waals surface area (Å²) in [6.45, 7) is 3.23. The number of nitrogens with zero attached hydrogens (tertiary/aromatic N) is 4. The average Bonchev–Trinajstić information content (AvgIpc) is 2.73. The molecule has 1 aliphatic heterocycles. The van der Waals surface area contributed by atoms with Crippen molar-refractivity contribution in [2.45, 2.75) is 38.6 Å². The van der Waals surface area contributed by atoms with Crippen LogP contribution in [-0.2, 0) is 0 Å². The standard InChI is InChI=1S/C21H22N4O2/c1-2-16-7-5-6-14-24(16)21-18-8-3-4-9-19(18)22-20(23-21)15-10-12-17(13-11-15)25(26)27/h3-4,8-13,16H,2,5-7,14H2,1H3/t16-/m0/s1. The van der Waals surface area contributed by atoms with E-state index in [4.69, 9.17) is 9.97 Å². The lowest BCUT2D eigenvalue weighted by Gasteiger charge is -2.37. The number of aromatic nitrogens is 2. The fourth-order valence-electron chi connectivity index (χ4n) is 3.84. The van der Waals surface area contributed by atoms with E-state index in [1.165, 1.54) is 31.4 Å². The first-order valence-electron chi connectivity index (χ1n) is 9.45. The van der Waals surface area contributed by atoms with E-state index in [2.05, 4.69) is 17.9 Å². The minimum Gasteiger partial charge on any atom is -0.353 e. The highest BCUT2D eigenvalue weighted by molar-refractivity contribution is 5.91. The van der Waals surface area contributed by atoms with Crippen LogP contribution in [0.4, 0.5) is 11.5 Å². The summed E-state index contributed by atoms with van der Waals surface area (Å²) in [5.41, 5.74) is 1.76. The van der Waals surface area contributed by atoms with Crippen molar-refractivity contribution in [1.29, 1.82) is 0 Å². The summed E-state index contributed by atoms with van der Waals surface area (Å²) in [5, 5.41) is 12.0. The van der Waals surface area contributed by atoms with Crippen LogP contribution < -0.4 is 4.90 Å². The predicted molar refractivity (Wildman–Crippen MR) is 107 cm³/mol. The maximum Gasteiger partial charge on any atom is 0.269 e. The van der Waals surface area contributed by atoms with Crippen molar-refractivity contribution in [3.63, 3.8) is 0 Å². The lowest BCUT2D eigenvalue weighted by Crippen LogP contribution is -2.39. The highest BCUT2D eigenvalue weighted by Gasteiger charge is 2.24. The van der Waals surface area contributed by atoms with Gasteiger partial charge in [-0.3, -0.25) is 10.1 Å². The van der Waals surface area contributed by atoms with Crippen LogP contribution in [0.2, 0.25) is 0 Å². The molecule has 0 spiro atoms. The van der Waals surface area contributed by atoms with Crippen LogP contribution in [-0.4, -0.2) is 27.5 Å². The zero-order valence-electron chi connectivity index (χ0n) is 15.3. The number of rotatable bonds is 4. The summed E-state index contributed by atoms with van der Waals surface area (Å²) >= 11 is 0. The van der Waals surface area contributed by atoms with Gasteiger partial charge in [-0.05, 0) is 49.9 Å². The average molecular weight is 362 g/mol. The van der Waals surface area contributed by atoms with Crippen molar-refractivity contribution >= 4 is 22.4 Å². The molecule has 27 heavy (non-hydrogen) atoms. The van der Waals surface area contributed by atoms with Crippen LogP contribution in [0.1, 0.15) is 32.6 Å². The topological polar surface area (TPSA) is 72.2 Å². The lowest BCUT2D eigenvalue weighted by molar-refractivity contribution is -0.384. The van der Waals surface area contributed by atoms with Crippen LogP contribution in [0.15, 0.2) is 48.5 Å². The first-order valence-corrected chi connectivity index (χ1v) is 9.45. The highest BCUT2D eigenvalue weighted by Crippen LogP contribution is 2.32. The molecule has 0 aliphatic carbocycles. The van der Waals surface area contributed by atoms with Gasteiger partial charge >= 0.3 is 0 Å². The number of anilines is 1. The molecule has 138 valence electrons. The molecule has 2 aromatic carbocycles. The third-order valence-electron chi connectivity index (χ3n) is 5.29. The monoisotopic (exact) mass is 362 g/mol. The van der Waals surface area contributed by atoms with E-state index in [9.17, 15) is 10.1 Å². The number of piperidine rings is 1. The van der Waals surface area contributed by atoms with Crippen LogP contribution in [0.5, 0.6) is 0 Å². The summed E-state index contributed by atoms with van der Waals surface area (Å²) in [6.07, 6.45) is 4.70. The molecule has 1 fully saturated rings. The van der Waals surface area contributed by atoms with Crippen LogP contribution in [0.25, 0.3) is 22.3 Å². The second-order valence-electron chi connectivity index (χ2n) is 6.94. The summed E-state index contributed by atoms with van der Waals surface area (Å²) in [4.78, 5) is 22.6. The molecule has 0 unspecified atom stereocenters. The lowest BCUT2D eigenvalue weighted by atomic mass is 9.99. The number of hydrogen-bond acceptors (Lipinski definition) is 5. The molecule has 0 N–H and O–H groups in total. The van der Waals surface area contributed by atoms with E-state index < -0.39 is 4.92 Å². The predicted octanol–water partition coefficient (Wildman–Crippen LogP) is 4.97. The minimum atomic E-state index is -0.393. The van der Waals surface area contributed by atoms with Gasteiger partial charge in [0, 0.05) is 35.7 Å². The third kappa shape index (κ3) is 3.35. The van der Waals surface area contributed by atoms with Crippen molar-refractivity contribution in [2.24, 2.45) is 0 Å². The van der Waals surface area contributed by atoms with Gasteiger partial charge in [-0.15, -0.1) is 0 Å².